The first kappa shape index (κ1) is 18.3. The zero-order chi connectivity index (χ0) is 17.5. The number of primary amides is 1. The molecule has 0 bridgehead atoms. The van der Waals surface area contributed by atoms with E-state index in [9.17, 15) is 4.79 Å². The zero-order valence-electron chi connectivity index (χ0n) is 15.0. The summed E-state index contributed by atoms with van der Waals surface area (Å²) in [6, 6.07) is 10.4. The Morgan fingerprint density at radius 2 is 2.00 bits per heavy atom. The summed E-state index contributed by atoms with van der Waals surface area (Å²) in [4.78, 5) is 12.2. The topological polar surface area (TPSA) is 43.1 Å². The number of unbranched alkanes of at least 4 members (excludes halogenated alkanes) is 2. The lowest BCUT2D eigenvalue weighted by Gasteiger charge is -2.22. The lowest BCUT2D eigenvalue weighted by molar-refractivity contribution is 0.100. The highest BCUT2D eigenvalue weighted by Crippen LogP contribution is 2.35. The summed E-state index contributed by atoms with van der Waals surface area (Å²) in [6.45, 7) is 8.15. The quantitative estimate of drug-likeness (QED) is 0.464. The van der Waals surface area contributed by atoms with Crippen molar-refractivity contribution in [1.82, 2.24) is 0 Å². The van der Waals surface area contributed by atoms with Gasteiger partial charge in [0.15, 0.2) is 0 Å². The Balaban J connectivity index is 2.51. The van der Waals surface area contributed by atoms with Gasteiger partial charge in [0, 0.05) is 0 Å². The van der Waals surface area contributed by atoms with Crippen LogP contribution in [0.15, 0.2) is 43.0 Å². The van der Waals surface area contributed by atoms with Crippen molar-refractivity contribution in [3.63, 3.8) is 0 Å². The van der Waals surface area contributed by atoms with E-state index in [0.29, 0.717) is 5.92 Å². The summed E-state index contributed by atoms with van der Waals surface area (Å²) in [5, 5.41) is 2.09. The van der Waals surface area contributed by atoms with Crippen LogP contribution in [-0.4, -0.2) is 5.91 Å². The third-order valence-corrected chi connectivity index (χ3v) is 4.93. The summed E-state index contributed by atoms with van der Waals surface area (Å²) in [5.41, 5.74) is 8.92. The SMILES string of the molecule is C=CCCCCC(CC)c1cc2ccccc2c(C(N)=O)c1CC. The maximum atomic E-state index is 12.2. The second-order valence-corrected chi connectivity index (χ2v) is 6.44. The van der Waals surface area contributed by atoms with E-state index in [-0.39, 0.29) is 5.91 Å². The van der Waals surface area contributed by atoms with Gasteiger partial charge in [-0.1, -0.05) is 56.7 Å². The number of benzene rings is 2. The van der Waals surface area contributed by atoms with Crippen molar-refractivity contribution >= 4 is 16.7 Å². The van der Waals surface area contributed by atoms with Crippen molar-refractivity contribution in [3.05, 3.63) is 59.7 Å². The number of carbonyl (C=O) groups excluding carboxylic acids is 1. The van der Waals surface area contributed by atoms with Crippen molar-refractivity contribution in [2.45, 2.75) is 58.3 Å². The average Bonchev–Trinajstić information content (AvgIpc) is 2.60. The van der Waals surface area contributed by atoms with E-state index < -0.39 is 0 Å². The van der Waals surface area contributed by atoms with Gasteiger partial charge in [0.25, 0.3) is 0 Å². The molecule has 0 fully saturated rings. The summed E-state index contributed by atoms with van der Waals surface area (Å²) in [5.74, 6) is 0.166. The van der Waals surface area contributed by atoms with E-state index in [1.807, 2.05) is 24.3 Å². The number of amides is 1. The van der Waals surface area contributed by atoms with Crippen LogP contribution in [0.4, 0.5) is 0 Å². The Morgan fingerprint density at radius 1 is 1.25 bits per heavy atom. The summed E-state index contributed by atoms with van der Waals surface area (Å²) in [7, 11) is 0. The number of rotatable bonds is 9. The predicted molar refractivity (Wildman–Crippen MR) is 104 cm³/mol. The van der Waals surface area contributed by atoms with E-state index in [1.165, 1.54) is 18.4 Å². The van der Waals surface area contributed by atoms with Crippen LogP contribution >= 0.6 is 0 Å². The number of allylic oxidation sites excluding steroid dienone is 1. The molecule has 0 saturated heterocycles. The van der Waals surface area contributed by atoms with Gasteiger partial charge in [-0.15, -0.1) is 6.58 Å². The molecule has 0 aromatic heterocycles. The Morgan fingerprint density at radius 3 is 2.62 bits per heavy atom. The van der Waals surface area contributed by atoms with Crippen LogP contribution < -0.4 is 5.73 Å². The molecular formula is C22H29NO. The summed E-state index contributed by atoms with van der Waals surface area (Å²) < 4.78 is 0. The molecule has 0 aliphatic carbocycles. The minimum Gasteiger partial charge on any atom is -0.366 e. The molecule has 24 heavy (non-hydrogen) atoms. The highest BCUT2D eigenvalue weighted by atomic mass is 16.1. The van der Waals surface area contributed by atoms with Gasteiger partial charge >= 0.3 is 0 Å². The fourth-order valence-electron chi connectivity index (χ4n) is 3.70. The molecule has 2 rings (SSSR count). The Bertz CT molecular complexity index is 717. The average molecular weight is 323 g/mol. The maximum Gasteiger partial charge on any atom is 0.249 e. The number of nitrogens with two attached hydrogens (primary N) is 1. The molecule has 2 N–H and O–H groups in total. The van der Waals surface area contributed by atoms with Crippen molar-refractivity contribution < 1.29 is 4.79 Å². The van der Waals surface area contributed by atoms with Crippen LogP contribution in [0.25, 0.3) is 10.8 Å². The molecule has 2 nitrogen and oxygen atoms in total. The fraction of sp³-hybridized carbons (Fsp3) is 0.409. The summed E-state index contributed by atoms with van der Waals surface area (Å²) in [6.07, 6.45) is 8.48. The van der Waals surface area contributed by atoms with E-state index in [2.05, 4.69) is 32.6 Å². The highest BCUT2D eigenvalue weighted by molar-refractivity contribution is 6.08. The number of hydrogen-bond donors (Lipinski definition) is 1. The normalized spacial score (nSPS) is 12.2. The minimum absolute atomic E-state index is 0.314. The monoisotopic (exact) mass is 323 g/mol. The first-order chi connectivity index (χ1) is 11.6. The van der Waals surface area contributed by atoms with Gasteiger partial charge in [-0.2, -0.15) is 0 Å². The number of hydrogen-bond acceptors (Lipinski definition) is 1. The molecule has 128 valence electrons. The molecule has 0 heterocycles. The Labute approximate surface area is 145 Å². The molecule has 0 saturated carbocycles. The highest BCUT2D eigenvalue weighted by Gasteiger charge is 2.20. The number of carbonyl (C=O) groups is 1. The van der Waals surface area contributed by atoms with Crippen molar-refractivity contribution in [1.29, 1.82) is 0 Å². The van der Waals surface area contributed by atoms with Crippen LogP contribution in [-0.2, 0) is 6.42 Å². The molecule has 0 aliphatic heterocycles. The third-order valence-electron chi connectivity index (χ3n) is 4.93. The van der Waals surface area contributed by atoms with Crippen LogP contribution in [0.3, 0.4) is 0 Å². The second-order valence-electron chi connectivity index (χ2n) is 6.44. The van der Waals surface area contributed by atoms with Crippen LogP contribution in [0, 0.1) is 0 Å². The largest absolute Gasteiger partial charge is 0.366 e. The predicted octanol–water partition coefficient (Wildman–Crippen LogP) is 5.74. The van der Waals surface area contributed by atoms with E-state index in [0.717, 1.165) is 47.6 Å². The summed E-state index contributed by atoms with van der Waals surface area (Å²) >= 11 is 0. The zero-order valence-corrected chi connectivity index (χ0v) is 15.0. The first-order valence-corrected chi connectivity index (χ1v) is 9.09. The molecule has 1 atom stereocenters. The molecule has 1 unspecified atom stereocenters. The van der Waals surface area contributed by atoms with Crippen molar-refractivity contribution in [3.8, 4) is 0 Å². The van der Waals surface area contributed by atoms with E-state index in [4.69, 9.17) is 5.73 Å². The standard InChI is InChI=1S/C22H29NO/c1-4-7-8-9-12-16(5-2)20-15-17-13-10-11-14-19(17)21(22(23)24)18(20)6-3/h4,10-11,13-16H,1,5-9,12H2,2-3H3,(H2,23,24). The Kier molecular flexibility index (Phi) is 6.60. The van der Waals surface area contributed by atoms with Crippen molar-refractivity contribution in [2.75, 3.05) is 0 Å². The van der Waals surface area contributed by atoms with Gasteiger partial charge in [-0.3, -0.25) is 4.79 Å². The van der Waals surface area contributed by atoms with Crippen LogP contribution in [0.1, 0.15) is 73.4 Å². The lowest BCUT2D eigenvalue weighted by atomic mass is 9.82. The van der Waals surface area contributed by atoms with Gasteiger partial charge in [0.1, 0.15) is 0 Å². The number of fused-ring (bicyclic) bond motifs is 1. The van der Waals surface area contributed by atoms with Crippen molar-refractivity contribution in [2.24, 2.45) is 5.73 Å². The van der Waals surface area contributed by atoms with E-state index >= 15 is 0 Å². The second kappa shape index (κ2) is 8.68. The van der Waals surface area contributed by atoms with Gasteiger partial charge < -0.3 is 5.73 Å². The van der Waals surface area contributed by atoms with Gasteiger partial charge in [0.05, 0.1) is 5.56 Å². The van der Waals surface area contributed by atoms with Gasteiger partial charge in [-0.05, 0) is 59.9 Å². The molecular weight excluding hydrogens is 294 g/mol. The first-order valence-electron chi connectivity index (χ1n) is 9.09. The molecule has 0 radical (unpaired) electrons. The van der Waals surface area contributed by atoms with Crippen LogP contribution in [0.2, 0.25) is 0 Å². The fourth-order valence-corrected chi connectivity index (χ4v) is 3.70. The van der Waals surface area contributed by atoms with Gasteiger partial charge in [0.2, 0.25) is 5.91 Å². The minimum atomic E-state index is -0.314. The smallest absolute Gasteiger partial charge is 0.249 e. The molecule has 2 heteroatoms. The molecule has 2 aromatic rings. The maximum absolute atomic E-state index is 12.2. The van der Waals surface area contributed by atoms with Gasteiger partial charge in [-0.25, -0.2) is 0 Å². The molecule has 2 aromatic carbocycles. The Hall–Kier alpha value is -2.09. The third kappa shape index (κ3) is 3.87. The molecule has 0 spiro atoms. The van der Waals surface area contributed by atoms with Crippen LogP contribution in [0.5, 0.6) is 0 Å². The molecule has 0 aliphatic rings. The lowest BCUT2D eigenvalue weighted by Crippen LogP contribution is -2.17. The molecule has 1 amide bonds. The van der Waals surface area contributed by atoms with E-state index in [1.54, 1.807) is 0 Å².